The van der Waals surface area contributed by atoms with Gasteiger partial charge in [-0.1, -0.05) is 18.2 Å². The predicted molar refractivity (Wildman–Crippen MR) is 77.8 cm³/mol. The van der Waals surface area contributed by atoms with Crippen molar-refractivity contribution in [3.8, 4) is 11.5 Å². The first-order valence-corrected chi connectivity index (χ1v) is 6.47. The highest BCUT2D eigenvalue weighted by atomic mass is 16.5. The second kappa shape index (κ2) is 6.14. The molecule has 0 heterocycles. The molecule has 0 bridgehead atoms. The largest absolute Gasteiger partial charge is 0.508 e. The van der Waals surface area contributed by atoms with Gasteiger partial charge < -0.3 is 15.2 Å². The van der Waals surface area contributed by atoms with E-state index in [1.807, 2.05) is 43.3 Å². The number of rotatable bonds is 5. The van der Waals surface area contributed by atoms with Crippen LogP contribution < -0.4 is 10.1 Å². The third-order valence-corrected chi connectivity index (χ3v) is 2.92. The lowest BCUT2D eigenvalue weighted by Crippen LogP contribution is -2.06. The molecule has 100 valence electrons. The molecule has 2 N–H and O–H groups in total. The van der Waals surface area contributed by atoms with Gasteiger partial charge in [0.25, 0.3) is 0 Å². The molecule has 0 aromatic heterocycles. The van der Waals surface area contributed by atoms with Gasteiger partial charge in [-0.15, -0.1) is 0 Å². The zero-order valence-electron chi connectivity index (χ0n) is 11.3. The van der Waals surface area contributed by atoms with Gasteiger partial charge in [-0.2, -0.15) is 0 Å². The lowest BCUT2D eigenvalue weighted by Gasteiger charge is -2.16. The van der Waals surface area contributed by atoms with E-state index in [4.69, 9.17) is 4.74 Å². The van der Waals surface area contributed by atoms with E-state index in [9.17, 15) is 5.11 Å². The number of nitrogens with one attached hydrogen (secondary N) is 1. The second-order valence-electron chi connectivity index (χ2n) is 4.42. The maximum atomic E-state index is 9.29. The third-order valence-electron chi connectivity index (χ3n) is 2.92. The van der Waals surface area contributed by atoms with E-state index in [-0.39, 0.29) is 11.8 Å². The molecule has 0 aliphatic rings. The van der Waals surface area contributed by atoms with Crippen molar-refractivity contribution in [1.82, 2.24) is 0 Å². The van der Waals surface area contributed by atoms with Crippen LogP contribution >= 0.6 is 0 Å². The summed E-state index contributed by atoms with van der Waals surface area (Å²) in [5, 5.41) is 12.7. The number of phenols is 1. The molecule has 0 saturated carbocycles. The van der Waals surface area contributed by atoms with Crippen LogP contribution in [0.25, 0.3) is 0 Å². The number of ether oxygens (including phenoxy) is 1. The standard InChI is InChI=1S/C16H19NO2/c1-3-19-16-6-4-5-14(11-16)17-12(2)13-7-9-15(18)10-8-13/h4-12,17-18H,3H2,1-2H3. The Morgan fingerprint density at radius 1 is 1.16 bits per heavy atom. The molecule has 3 nitrogen and oxygen atoms in total. The first-order chi connectivity index (χ1) is 9.19. The molecule has 0 amide bonds. The topological polar surface area (TPSA) is 41.5 Å². The van der Waals surface area contributed by atoms with Crippen molar-refractivity contribution in [3.63, 3.8) is 0 Å². The molecule has 2 rings (SSSR count). The summed E-state index contributed by atoms with van der Waals surface area (Å²) < 4.78 is 5.48. The maximum Gasteiger partial charge on any atom is 0.121 e. The summed E-state index contributed by atoms with van der Waals surface area (Å²) in [6.45, 7) is 4.72. The summed E-state index contributed by atoms with van der Waals surface area (Å²) in [4.78, 5) is 0. The summed E-state index contributed by atoms with van der Waals surface area (Å²) in [5.41, 5.74) is 2.14. The molecular weight excluding hydrogens is 238 g/mol. The Morgan fingerprint density at radius 2 is 1.89 bits per heavy atom. The van der Waals surface area contributed by atoms with E-state index >= 15 is 0 Å². The quantitative estimate of drug-likeness (QED) is 0.851. The van der Waals surface area contributed by atoms with Gasteiger partial charge in [0.05, 0.1) is 6.61 Å². The molecule has 19 heavy (non-hydrogen) atoms. The molecule has 0 aliphatic carbocycles. The van der Waals surface area contributed by atoms with Crippen molar-refractivity contribution in [3.05, 3.63) is 54.1 Å². The number of hydrogen-bond acceptors (Lipinski definition) is 3. The number of anilines is 1. The fourth-order valence-corrected chi connectivity index (χ4v) is 1.94. The predicted octanol–water partition coefficient (Wildman–Crippen LogP) is 3.96. The minimum atomic E-state index is 0.164. The highest BCUT2D eigenvalue weighted by Crippen LogP contribution is 2.23. The highest BCUT2D eigenvalue weighted by Gasteiger charge is 2.05. The van der Waals surface area contributed by atoms with Gasteiger partial charge >= 0.3 is 0 Å². The second-order valence-corrected chi connectivity index (χ2v) is 4.42. The molecule has 2 aromatic rings. The first-order valence-electron chi connectivity index (χ1n) is 6.47. The van der Waals surface area contributed by atoms with Gasteiger partial charge in [0.2, 0.25) is 0 Å². The Hall–Kier alpha value is -2.16. The summed E-state index contributed by atoms with van der Waals surface area (Å²) in [6, 6.07) is 15.3. The maximum absolute atomic E-state index is 9.29. The van der Waals surface area contributed by atoms with Gasteiger partial charge in [-0.25, -0.2) is 0 Å². The average Bonchev–Trinajstić information content (AvgIpc) is 2.40. The highest BCUT2D eigenvalue weighted by molar-refractivity contribution is 5.50. The van der Waals surface area contributed by atoms with Crippen molar-refractivity contribution in [2.75, 3.05) is 11.9 Å². The third kappa shape index (κ3) is 3.65. The fourth-order valence-electron chi connectivity index (χ4n) is 1.94. The smallest absolute Gasteiger partial charge is 0.121 e. The molecule has 0 aliphatic heterocycles. The van der Waals surface area contributed by atoms with Crippen LogP contribution in [-0.4, -0.2) is 11.7 Å². The van der Waals surface area contributed by atoms with Crippen molar-refractivity contribution in [2.45, 2.75) is 19.9 Å². The Morgan fingerprint density at radius 3 is 2.58 bits per heavy atom. The van der Waals surface area contributed by atoms with Crippen LogP contribution in [0.15, 0.2) is 48.5 Å². The molecular formula is C16H19NO2. The van der Waals surface area contributed by atoms with Crippen LogP contribution in [0.1, 0.15) is 25.5 Å². The molecule has 0 saturated heterocycles. The summed E-state index contributed by atoms with van der Waals surface area (Å²) in [7, 11) is 0. The van der Waals surface area contributed by atoms with Crippen molar-refractivity contribution in [1.29, 1.82) is 0 Å². The normalized spacial score (nSPS) is 11.9. The Balaban J connectivity index is 2.07. The zero-order valence-corrected chi connectivity index (χ0v) is 11.3. The Kier molecular flexibility index (Phi) is 4.29. The van der Waals surface area contributed by atoms with Crippen LogP contribution in [0.2, 0.25) is 0 Å². The van der Waals surface area contributed by atoms with E-state index in [1.54, 1.807) is 12.1 Å². The number of benzene rings is 2. The van der Waals surface area contributed by atoms with Crippen LogP contribution in [-0.2, 0) is 0 Å². The van der Waals surface area contributed by atoms with E-state index < -0.39 is 0 Å². The molecule has 1 atom stereocenters. The van der Waals surface area contributed by atoms with Crippen LogP contribution in [0.4, 0.5) is 5.69 Å². The Labute approximate surface area is 113 Å². The summed E-state index contributed by atoms with van der Waals surface area (Å²) in [6.07, 6.45) is 0. The van der Waals surface area contributed by atoms with Gasteiger partial charge in [0.15, 0.2) is 0 Å². The minimum Gasteiger partial charge on any atom is -0.508 e. The molecule has 3 heteroatoms. The molecule has 0 spiro atoms. The molecule has 2 aromatic carbocycles. The average molecular weight is 257 g/mol. The summed E-state index contributed by atoms with van der Waals surface area (Å²) in [5.74, 6) is 1.15. The van der Waals surface area contributed by atoms with Crippen LogP contribution in [0.5, 0.6) is 11.5 Å². The molecule has 0 fully saturated rings. The van der Waals surface area contributed by atoms with Crippen LogP contribution in [0.3, 0.4) is 0 Å². The minimum absolute atomic E-state index is 0.164. The number of aromatic hydroxyl groups is 1. The first kappa shape index (κ1) is 13.3. The fraction of sp³-hybridized carbons (Fsp3) is 0.250. The van der Waals surface area contributed by atoms with Gasteiger partial charge in [-0.05, 0) is 43.7 Å². The van der Waals surface area contributed by atoms with Crippen molar-refractivity contribution in [2.24, 2.45) is 0 Å². The monoisotopic (exact) mass is 257 g/mol. The van der Waals surface area contributed by atoms with E-state index in [0.29, 0.717) is 6.61 Å². The molecule has 1 unspecified atom stereocenters. The number of hydrogen-bond donors (Lipinski definition) is 2. The number of phenolic OH excluding ortho intramolecular Hbond substituents is 1. The SMILES string of the molecule is CCOc1cccc(NC(C)c2ccc(O)cc2)c1. The summed E-state index contributed by atoms with van der Waals surface area (Å²) >= 11 is 0. The van der Waals surface area contributed by atoms with Gasteiger partial charge in [0.1, 0.15) is 11.5 Å². The van der Waals surface area contributed by atoms with Gasteiger partial charge in [0, 0.05) is 17.8 Å². The lowest BCUT2D eigenvalue weighted by atomic mass is 10.1. The van der Waals surface area contributed by atoms with E-state index in [1.165, 1.54) is 0 Å². The Bertz CT molecular complexity index is 523. The van der Waals surface area contributed by atoms with Gasteiger partial charge in [-0.3, -0.25) is 0 Å². The zero-order chi connectivity index (χ0) is 13.7. The molecule has 0 radical (unpaired) electrons. The lowest BCUT2D eigenvalue weighted by molar-refractivity contribution is 0.340. The van der Waals surface area contributed by atoms with Crippen molar-refractivity contribution >= 4 is 5.69 Å². The van der Waals surface area contributed by atoms with E-state index in [2.05, 4.69) is 12.2 Å². The van der Waals surface area contributed by atoms with Crippen LogP contribution in [0, 0.1) is 0 Å². The van der Waals surface area contributed by atoms with E-state index in [0.717, 1.165) is 17.0 Å². The van der Waals surface area contributed by atoms with Crippen molar-refractivity contribution < 1.29 is 9.84 Å².